The van der Waals surface area contributed by atoms with E-state index >= 15 is 0 Å². The third kappa shape index (κ3) is 2.37. The van der Waals surface area contributed by atoms with Crippen LogP contribution in [0.15, 0.2) is 18.2 Å². The van der Waals surface area contributed by atoms with E-state index in [1.807, 2.05) is 12.1 Å². The molecular formula is C13H17NO3. The molecule has 0 bridgehead atoms. The number of hydrogen-bond acceptors (Lipinski definition) is 4. The van der Waals surface area contributed by atoms with E-state index in [1.165, 1.54) is 5.56 Å². The molecule has 0 saturated heterocycles. The zero-order chi connectivity index (χ0) is 11.7. The van der Waals surface area contributed by atoms with E-state index in [9.17, 15) is 5.11 Å². The van der Waals surface area contributed by atoms with Crippen molar-refractivity contribution in [2.45, 2.75) is 31.5 Å². The summed E-state index contributed by atoms with van der Waals surface area (Å²) in [7, 11) is 0. The summed E-state index contributed by atoms with van der Waals surface area (Å²) in [6.07, 6.45) is 1.63. The predicted molar refractivity (Wildman–Crippen MR) is 63.3 cm³/mol. The second-order valence-electron chi connectivity index (χ2n) is 4.68. The minimum Gasteiger partial charge on any atom is -0.486 e. The highest BCUT2D eigenvalue weighted by Crippen LogP contribution is 2.30. The van der Waals surface area contributed by atoms with Crippen molar-refractivity contribution in [1.29, 1.82) is 0 Å². The zero-order valence-corrected chi connectivity index (χ0v) is 9.69. The molecule has 1 aromatic rings. The van der Waals surface area contributed by atoms with Gasteiger partial charge in [0, 0.05) is 12.6 Å². The molecule has 1 fully saturated rings. The molecule has 1 aliphatic carbocycles. The average molecular weight is 235 g/mol. The average Bonchev–Trinajstić information content (AvgIpc) is 2.33. The van der Waals surface area contributed by atoms with E-state index in [4.69, 9.17) is 9.47 Å². The van der Waals surface area contributed by atoms with E-state index < -0.39 is 0 Å². The van der Waals surface area contributed by atoms with Crippen molar-refractivity contribution in [2.24, 2.45) is 0 Å². The normalized spacial score (nSPS) is 26.4. The van der Waals surface area contributed by atoms with E-state index in [0.29, 0.717) is 19.3 Å². The van der Waals surface area contributed by atoms with Crippen LogP contribution < -0.4 is 14.8 Å². The number of aliphatic hydroxyl groups excluding tert-OH is 1. The van der Waals surface area contributed by atoms with Crippen LogP contribution >= 0.6 is 0 Å². The lowest BCUT2D eigenvalue weighted by atomic mass is 9.89. The highest BCUT2D eigenvalue weighted by atomic mass is 16.6. The smallest absolute Gasteiger partial charge is 0.161 e. The minimum atomic E-state index is -0.104. The maximum Gasteiger partial charge on any atom is 0.161 e. The third-order valence-electron chi connectivity index (χ3n) is 3.31. The molecule has 0 unspecified atom stereocenters. The lowest BCUT2D eigenvalue weighted by Crippen LogP contribution is -2.43. The first-order valence-electron chi connectivity index (χ1n) is 6.11. The van der Waals surface area contributed by atoms with Gasteiger partial charge in [0.2, 0.25) is 0 Å². The molecule has 0 aromatic heterocycles. The second kappa shape index (κ2) is 4.55. The van der Waals surface area contributed by atoms with Crippen LogP contribution in [0.4, 0.5) is 0 Å². The standard InChI is InChI=1S/C13H17NO3/c15-11-6-10(7-11)14-8-9-1-2-12-13(5-9)17-4-3-16-12/h1-2,5,10-11,14-15H,3-4,6-8H2. The van der Waals surface area contributed by atoms with Crippen molar-refractivity contribution >= 4 is 0 Å². The van der Waals surface area contributed by atoms with Gasteiger partial charge in [0.1, 0.15) is 13.2 Å². The summed E-state index contributed by atoms with van der Waals surface area (Å²) in [6.45, 7) is 2.07. The summed E-state index contributed by atoms with van der Waals surface area (Å²) >= 11 is 0. The van der Waals surface area contributed by atoms with E-state index in [0.717, 1.165) is 30.9 Å². The van der Waals surface area contributed by atoms with Crippen LogP contribution in [-0.4, -0.2) is 30.5 Å². The number of ether oxygens (including phenoxy) is 2. The Morgan fingerprint density at radius 3 is 2.71 bits per heavy atom. The number of aliphatic hydroxyl groups is 1. The Bertz CT molecular complexity index is 402. The Morgan fingerprint density at radius 1 is 1.18 bits per heavy atom. The number of fused-ring (bicyclic) bond motifs is 1. The number of benzene rings is 1. The van der Waals surface area contributed by atoms with Crippen molar-refractivity contribution < 1.29 is 14.6 Å². The van der Waals surface area contributed by atoms with Gasteiger partial charge in [-0.3, -0.25) is 0 Å². The summed E-state index contributed by atoms with van der Waals surface area (Å²) in [5.41, 5.74) is 1.19. The van der Waals surface area contributed by atoms with Gasteiger partial charge in [-0.1, -0.05) is 6.07 Å². The Kier molecular flexibility index (Phi) is 2.91. The van der Waals surface area contributed by atoms with Gasteiger partial charge in [0.15, 0.2) is 11.5 Å². The molecule has 17 heavy (non-hydrogen) atoms. The third-order valence-corrected chi connectivity index (χ3v) is 3.31. The van der Waals surface area contributed by atoms with Crippen LogP contribution in [0.3, 0.4) is 0 Å². The highest BCUT2D eigenvalue weighted by Gasteiger charge is 2.26. The molecule has 2 N–H and O–H groups in total. The quantitative estimate of drug-likeness (QED) is 0.823. The van der Waals surface area contributed by atoms with E-state index in [2.05, 4.69) is 11.4 Å². The summed E-state index contributed by atoms with van der Waals surface area (Å²) < 4.78 is 11.0. The largest absolute Gasteiger partial charge is 0.486 e. The second-order valence-corrected chi connectivity index (χ2v) is 4.68. The molecule has 0 radical (unpaired) electrons. The molecular weight excluding hydrogens is 218 g/mol. The summed E-state index contributed by atoms with van der Waals surface area (Å²) in [6, 6.07) is 6.49. The fourth-order valence-corrected chi connectivity index (χ4v) is 2.21. The number of rotatable bonds is 3. The molecule has 1 aliphatic heterocycles. The fourth-order valence-electron chi connectivity index (χ4n) is 2.21. The SMILES string of the molecule is OC1CC(NCc2ccc3c(c2)OCCO3)C1. The fraction of sp³-hybridized carbons (Fsp3) is 0.538. The molecule has 3 rings (SSSR count). The van der Waals surface area contributed by atoms with Crippen LogP contribution in [-0.2, 0) is 6.54 Å². The molecule has 2 aliphatic rings. The maximum atomic E-state index is 9.20. The minimum absolute atomic E-state index is 0.104. The first kappa shape index (κ1) is 10.9. The molecule has 1 heterocycles. The lowest BCUT2D eigenvalue weighted by molar-refractivity contribution is 0.0619. The topological polar surface area (TPSA) is 50.7 Å². The Morgan fingerprint density at radius 2 is 1.94 bits per heavy atom. The Labute approximate surface area is 101 Å². The van der Waals surface area contributed by atoms with Crippen molar-refractivity contribution in [1.82, 2.24) is 5.32 Å². The molecule has 92 valence electrons. The monoisotopic (exact) mass is 235 g/mol. The molecule has 0 atom stereocenters. The number of hydrogen-bond donors (Lipinski definition) is 2. The van der Waals surface area contributed by atoms with Crippen molar-refractivity contribution in [3.63, 3.8) is 0 Å². The van der Waals surface area contributed by atoms with Gasteiger partial charge >= 0.3 is 0 Å². The Balaban J connectivity index is 1.59. The van der Waals surface area contributed by atoms with Gasteiger partial charge < -0.3 is 19.9 Å². The highest BCUT2D eigenvalue weighted by molar-refractivity contribution is 5.43. The molecule has 4 heteroatoms. The summed E-state index contributed by atoms with van der Waals surface area (Å²) in [5.74, 6) is 1.67. The Hall–Kier alpha value is -1.26. The van der Waals surface area contributed by atoms with Crippen molar-refractivity contribution in [3.05, 3.63) is 23.8 Å². The van der Waals surface area contributed by atoms with Crippen LogP contribution in [0.1, 0.15) is 18.4 Å². The number of nitrogens with one attached hydrogen (secondary N) is 1. The zero-order valence-electron chi connectivity index (χ0n) is 9.69. The van der Waals surface area contributed by atoms with Crippen molar-refractivity contribution in [3.8, 4) is 11.5 Å². The van der Waals surface area contributed by atoms with E-state index in [1.54, 1.807) is 0 Å². The maximum absolute atomic E-state index is 9.20. The van der Waals surface area contributed by atoms with Gasteiger partial charge in [-0.05, 0) is 30.5 Å². The van der Waals surface area contributed by atoms with Crippen molar-refractivity contribution in [2.75, 3.05) is 13.2 Å². The molecule has 1 aromatic carbocycles. The summed E-state index contributed by atoms with van der Waals surface area (Å²) in [5, 5.41) is 12.6. The van der Waals surface area contributed by atoms with Gasteiger partial charge in [0.05, 0.1) is 6.10 Å². The molecule has 0 amide bonds. The first-order valence-corrected chi connectivity index (χ1v) is 6.11. The molecule has 0 spiro atoms. The lowest BCUT2D eigenvalue weighted by Gasteiger charge is -2.32. The van der Waals surface area contributed by atoms with Crippen LogP contribution in [0.2, 0.25) is 0 Å². The van der Waals surface area contributed by atoms with Gasteiger partial charge in [-0.25, -0.2) is 0 Å². The van der Waals surface area contributed by atoms with Gasteiger partial charge in [-0.2, -0.15) is 0 Å². The van der Waals surface area contributed by atoms with E-state index in [-0.39, 0.29) is 6.10 Å². The van der Waals surface area contributed by atoms with Crippen LogP contribution in [0.5, 0.6) is 11.5 Å². The molecule has 1 saturated carbocycles. The first-order chi connectivity index (χ1) is 8.31. The predicted octanol–water partition coefficient (Wildman–Crippen LogP) is 1.07. The van der Waals surface area contributed by atoms with Gasteiger partial charge in [-0.15, -0.1) is 0 Å². The summed E-state index contributed by atoms with van der Waals surface area (Å²) in [4.78, 5) is 0. The van der Waals surface area contributed by atoms with Gasteiger partial charge in [0.25, 0.3) is 0 Å². The van der Waals surface area contributed by atoms with Crippen LogP contribution in [0, 0.1) is 0 Å². The van der Waals surface area contributed by atoms with Crippen LogP contribution in [0.25, 0.3) is 0 Å². The molecule has 4 nitrogen and oxygen atoms in total.